The summed E-state index contributed by atoms with van der Waals surface area (Å²) in [5.74, 6) is -1.12. The average Bonchev–Trinajstić information content (AvgIpc) is 2.82. The second-order valence-electron chi connectivity index (χ2n) is 9.14. The Morgan fingerprint density at radius 2 is 1.67 bits per heavy atom. The van der Waals surface area contributed by atoms with Crippen LogP contribution in [0.4, 0.5) is 10.1 Å². The Hall–Kier alpha value is -2.94. The van der Waals surface area contributed by atoms with Crippen molar-refractivity contribution in [1.29, 1.82) is 0 Å². The Labute approximate surface area is 214 Å². The Morgan fingerprint density at radius 3 is 2.22 bits per heavy atom. The van der Waals surface area contributed by atoms with E-state index < -0.39 is 21.9 Å². The minimum atomic E-state index is -3.76. The molecule has 2 aromatic rings. The lowest BCUT2D eigenvalue weighted by Gasteiger charge is -2.32. The molecule has 0 radical (unpaired) electrons. The van der Waals surface area contributed by atoms with Gasteiger partial charge in [0.25, 0.3) is 0 Å². The maximum atomic E-state index is 14.3. The summed E-state index contributed by atoms with van der Waals surface area (Å²) in [4.78, 5) is 28.0. The predicted molar refractivity (Wildman–Crippen MR) is 142 cm³/mol. The normalized spacial score (nSPS) is 13.1. The number of nitrogens with one attached hydrogen (secondary N) is 1. The summed E-state index contributed by atoms with van der Waals surface area (Å²) in [6.07, 6.45) is 2.40. The van der Waals surface area contributed by atoms with Gasteiger partial charge in [-0.25, -0.2) is 12.8 Å². The monoisotopic (exact) mass is 519 g/mol. The second-order valence-corrected chi connectivity index (χ2v) is 11.0. The van der Waals surface area contributed by atoms with Crippen LogP contribution in [0.25, 0.3) is 0 Å². The van der Waals surface area contributed by atoms with Gasteiger partial charge in [-0.2, -0.15) is 0 Å². The van der Waals surface area contributed by atoms with Crippen LogP contribution in [0.3, 0.4) is 0 Å². The quantitative estimate of drug-likeness (QED) is 0.425. The van der Waals surface area contributed by atoms with Gasteiger partial charge >= 0.3 is 0 Å². The molecule has 2 aromatic carbocycles. The molecule has 0 aromatic heterocycles. The van der Waals surface area contributed by atoms with Crippen molar-refractivity contribution in [2.75, 3.05) is 17.1 Å². The highest BCUT2D eigenvalue weighted by molar-refractivity contribution is 7.92. The second kappa shape index (κ2) is 13.4. The first kappa shape index (κ1) is 29.3. The number of halogens is 1. The zero-order chi connectivity index (χ0) is 26.9. The summed E-state index contributed by atoms with van der Waals surface area (Å²) in [6.45, 7) is 7.93. The van der Waals surface area contributed by atoms with E-state index in [0.717, 1.165) is 28.1 Å². The summed E-state index contributed by atoms with van der Waals surface area (Å²) in [5, 5.41) is 2.97. The summed E-state index contributed by atoms with van der Waals surface area (Å²) < 4.78 is 40.0. The number of carbonyl (C=O) groups excluding carboxylic acids is 2. The van der Waals surface area contributed by atoms with E-state index in [2.05, 4.69) is 5.32 Å². The van der Waals surface area contributed by atoms with Crippen molar-refractivity contribution in [2.45, 2.75) is 72.0 Å². The Morgan fingerprint density at radius 1 is 1.03 bits per heavy atom. The molecular formula is C27H38FN3O4S. The van der Waals surface area contributed by atoms with Crippen molar-refractivity contribution in [1.82, 2.24) is 10.2 Å². The van der Waals surface area contributed by atoms with Crippen LogP contribution in [0.15, 0.2) is 48.5 Å². The third-order valence-electron chi connectivity index (χ3n) is 6.13. The molecule has 0 saturated carbocycles. The molecule has 0 spiro atoms. The molecule has 0 unspecified atom stereocenters. The van der Waals surface area contributed by atoms with Crippen LogP contribution in [0, 0.1) is 12.7 Å². The van der Waals surface area contributed by atoms with Crippen LogP contribution in [-0.4, -0.2) is 50.0 Å². The molecule has 36 heavy (non-hydrogen) atoms. The van der Waals surface area contributed by atoms with Crippen molar-refractivity contribution in [3.05, 3.63) is 65.5 Å². The van der Waals surface area contributed by atoms with Crippen LogP contribution < -0.4 is 9.62 Å². The molecule has 1 N–H and O–H groups in total. The van der Waals surface area contributed by atoms with Crippen LogP contribution in [0.1, 0.15) is 57.6 Å². The van der Waals surface area contributed by atoms with Gasteiger partial charge < -0.3 is 10.2 Å². The lowest BCUT2D eigenvalue weighted by atomic mass is 10.1. The first-order valence-electron chi connectivity index (χ1n) is 12.4. The van der Waals surface area contributed by atoms with Crippen LogP contribution in [0.2, 0.25) is 0 Å². The van der Waals surface area contributed by atoms with Crippen molar-refractivity contribution in [3.8, 4) is 0 Å². The van der Waals surface area contributed by atoms with Crippen molar-refractivity contribution < 1.29 is 22.4 Å². The lowest BCUT2D eigenvalue weighted by Crippen LogP contribution is -2.50. The number of aryl methyl sites for hydroxylation is 1. The molecule has 0 aliphatic carbocycles. The first-order valence-corrected chi connectivity index (χ1v) is 14.2. The predicted octanol–water partition coefficient (Wildman–Crippen LogP) is 4.40. The number of rotatable bonds is 13. The van der Waals surface area contributed by atoms with Crippen molar-refractivity contribution in [2.24, 2.45) is 0 Å². The number of sulfonamides is 1. The molecule has 0 bridgehead atoms. The van der Waals surface area contributed by atoms with E-state index in [0.29, 0.717) is 6.42 Å². The average molecular weight is 520 g/mol. The highest BCUT2D eigenvalue weighted by Crippen LogP contribution is 2.22. The van der Waals surface area contributed by atoms with Crippen molar-refractivity contribution in [3.63, 3.8) is 0 Å². The number of amides is 2. The van der Waals surface area contributed by atoms with E-state index in [9.17, 15) is 22.4 Å². The maximum absolute atomic E-state index is 14.3. The molecule has 0 aliphatic heterocycles. The number of anilines is 1. The van der Waals surface area contributed by atoms with Gasteiger partial charge in [-0.05, 0) is 50.8 Å². The highest BCUT2D eigenvalue weighted by atomic mass is 32.2. The van der Waals surface area contributed by atoms with E-state index in [1.54, 1.807) is 11.0 Å². The standard InChI is InChI=1S/C27H38FN3O4S/c1-6-21(4)29-27(33)24(7-2)30(19-22-16-14-20(3)15-17-22)26(32)13-10-18-31(36(5,34)35)25-12-9-8-11-23(25)28/h8-9,11-12,14-17,21,24H,6-7,10,13,18-19H2,1-5H3,(H,29,33)/t21-,24+/m0/s1. The lowest BCUT2D eigenvalue weighted by molar-refractivity contribution is -0.141. The molecule has 198 valence electrons. The summed E-state index contributed by atoms with van der Waals surface area (Å²) >= 11 is 0. The summed E-state index contributed by atoms with van der Waals surface area (Å²) in [5.41, 5.74) is 1.93. The minimum Gasteiger partial charge on any atom is -0.352 e. The van der Waals surface area contributed by atoms with Gasteiger partial charge in [0, 0.05) is 25.6 Å². The molecule has 2 amide bonds. The molecular weight excluding hydrogens is 481 g/mol. The summed E-state index contributed by atoms with van der Waals surface area (Å²) in [6, 6.07) is 12.7. The fourth-order valence-corrected chi connectivity index (χ4v) is 4.85. The molecule has 0 heterocycles. The van der Waals surface area contributed by atoms with Gasteiger partial charge in [-0.3, -0.25) is 13.9 Å². The zero-order valence-corrected chi connectivity index (χ0v) is 22.6. The van der Waals surface area contributed by atoms with Crippen molar-refractivity contribution >= 4 is 27.5 Å². The van der Waals surface area contributed by atoms with Gasteiger partial charge in [-0.1, -0.05) is 55.8 Å². The van der Waals surface area contributed by atoms with E-state index in [4.69, 9.17) is 0 Å². The highest BCUT2D eigenvalue weighted by Gasteiger charge is 2.29. The number of hydrogen-bond donors (Lipinski definition) is 1. The fraction of sp³-hybridized carbons (Fsp3) is 0.481. The van der Waals surface area contributed by atoms with E-state index in [1.807, 2.05) is 52.0 Å². The molecule has 0 aliphatic rings. The molecule has 7 nitrogen and oxygen atoms in total. The van der Waals surface area contributed by atoms with Crippen LogP contribution in [-0.2, 0) is 26.2 Å². The van der Waals surface area contributed by atoms with Crippen LogP contribution >= 0.6 is 0 Å². The van der Waals surface area contributed by atoms with Gasteiger partial charge in [0.2, 0.25) is 21.8 Å². The SMILES string of the molecule is CC[C@H](C(=O)N[C@@H](C)CC)N(Cc1ccc(C)cc1)C(=O)CCCN(c1ccccc1F)S(C)(=O)=O. The topological polar surface area (TPSA) is 86.8 Å². The molecule has 9 heteroatoms. The Bertz CT molecular complexity index is 1120. The third kappa shape index (κ3) is 8.33. The number of nitrogens with zero attached hydrogens (tertiary/aromatic N) is 2. The molecule has 2 atom stereocenters. The van der Waals surface area contributed by atoms with Gasteiger partial charge in [0.1, 0.15) is 11.9 Å². The molecule has 2 rings (SSSR count). The Kier molecular flexibility index (Phi) is 10.9. The number of para-hydroxylation sites is 1. The van der Waals surface area contributed by atoms with E-state index in [1.165, 1.54) is 18.2 Å². The number of carbonyl (C=O) groups is 2. The van der Waals surface area contributed by atoms with E-state index in [-0.39, 0.29) is 49.5 Å². The largest absolute Gasteiger partial charge is 0.352 e. The van der Waals surface area contributed by atoms with Crippen LogP contribution in [0.5, 0.6) is 0 Å². The fourth-order valence-electron chi connectivity index (χ4n) is 3.89. The smallest absolute Gasteiger partial charge is 0.243 e. The van der Waals surface area contributed by atoms with Gasteiger partial charge in [0.05, 0.1) is 11.9 Å². The minimum absolute atomic E-state index is 0.0133. The van der Waals surface area contributed by atoms with Gasteiger partial charge in [-0.15, -0.1) is 0 Å². The van der Waals surface area contributed by atoms with Gasteiger partial charge in [0.15, 0.2) is 0 Å². The maximum Gasteiger partial charge on any atom is 0.243 e. The number of benzene rings is 2. The zero-order valence-electron chi connectivity index (χ0n) is 21.8. The first-order chi connectivity index (χ1) is 17.0. The number of hydrogen-bond acceptors (Lipinski definition) is 4. The van der Waals surface area contributed by atoms with E-state index >= 15 is 0 Å². The summed E-state index contributed by atoms with van der Waals surface area (Å²) in [7, 11) is -3.76. The Balaban J connectivity index is 2.23. The molecule has 0 saturated heterocycles. The molecule has 0 fully saturated rings. The third-order valence-corrected chi connectivity index (χ3v) is 7.31.